The number of hydrogen-bond acceptors (Lipinski definition) is 5. The lowest BCUT2D eigenvalue weighted by Gasteiger charge is -2.34. The first-order valence-electron chi connectivity index (χ1n) is 8.31. The van der Waals surface area contributed by atoms with E-state index in [2.05, 4.69) is 17.1 Å². The Kier molecular flexibility index (Phi) is 6.12. The van der Waals surface area contributed by atoms with E-state index in [1.165, 1.54) is 0 Å². The number of carboxylic acids is 1. The molecule has 1 N–H and O–H groups in total. The van der Waals surface area contributed by atoms with E-state index >= 15 is 0 Å². The number of carbonyl (C=O) groups is 2. The second-order valence-corrected chi connectivity index (χ2v) is 6.38. The monoisotopic (exact) mass is 323 g/mol. The van der Waals surface area contributed by atoms with E-state index in [-0.39, 0.29) is 11.8 Å². The molecule has 1 aliphatic rings. The number of nitrogens with zero attached hydrogens (tertiary/aromatic N) is 3. The van der Waals surface area contributed by atoms with Gasteiger partial charge in [0.15, 0.2) is 5.82 Å². The maximum absolute atomic E-state index is 12.3. The second kappa shape index (κ2) is 8.08. The predicted molar refractivity (Wildman–Crippen MR) is 82.7 cm³/mol. The number of aliphatic carboxylic acids is 1. The Labute approximate surface area is 136 Å². The standard InChI is InChI=1S/C16H25N3O4/c1-3-5-13-17-14(23-18-13)6-4-7-15(20)19-9-11(2)8-12(10-19)16(21)22/h11-12H,3-10H2,1-2H3,(H,21,22). The van der Waals surface area contributed by atoms with Crippen LogP contribution in [-0.4, -0.2) is 45.1 Å². The Morgan fingerprint density at radius 3 is 2.83 bits per heavy atom. The molecule has 2 heterocycles. The summed E-state index contributed by atoms with van der Waals surface area (Å²) in [5.74, 6) is 0.246. The molecule has 0 aromatic carbocycles. The summed E-state index contributed by atoms with van der Waals surface area (Å²) in [7, 11) is 0. The molecule has 2 atom stereocenters. The highest BCUT2D eigenvalue weighted by atomic mass is 16.5. The molecule has 1 aliphatic heterocycles. The average molecular weight is 323 g/mol. The van der Waals surface area contributed by atoms with Gasteiger partial charge < -0.3 is 14.5 Å². The van der Waals surface area contributed by atoms with Gasteiger partial charge in [-0.2, -0.15) is 4.98 Å². The van der Waals surface area contributed by atoms with Crippen molar-refractivity contribution in [1.29, 1.82) is 0 Å². The number of aromatic nitrogens is 2. The summed E-state index contributed by atoms with van der Waals surface area (Å²) in [6.45, 7) is 5.01. The lowest BCUT2D eigenvalue weighted by Crippen LogP contribution is -2.45. The minimum Gasteiger partial charge on any atom is -0.481 e. The van der Waals surface area contributed by atoms with Crippen LogP contribution in [-0.2, 0) is 22.4 Å². The largest absolute Gasteiger partial charge is 0.481 e. The van der Waals surface area contributed by atoms with E-state index in [0.29, 0.717) is 50.5 Å². The zero-order valence-electron chi connectivity index (χ0n) is 13.8. The Bertz CT molecular complexity index is 543. The van der Waals surface area contributed by atoms with Gasteiger partial charge in [0.1, 0.15) is 0 Å². The molecule has 1 aromatic rings. The van der Waals surface area contributed by atoms with Crippen molar-refractivity contribution in [1.82, 2.24) is 15.0 Å². The zero-order valence-corrected chi connectivity index (χ0v) is 13.8. The molecule has 7 heteroatoms. The molecule has 0 radical (unpaired) electrons. The highest BCUT2D eigenvalue weighted by molar-refractivity contribution is 5.78. The van der Waals surface area contributed by atoms with Gasteiger partial charge in [0.05, 0.1) is 5.92 Å². The molecule has 2 unspecified atom stereocenters. The number of likely N-dealkylation sites (tertiary alicyclic amines) is 1. The Morgan fingerprint density at radius 2 is 2.13 bits per heavy atom. The molecule has 1 saturated heterocycles. The van der Waals surface area contributed by atoms with Gasteiger partial charge in [-0.3, -0.25) is 9.59 Å². The maximum Gasteiger partial charge on any atom is 0.308 e. The van der Waals surface area contributed by atoms with Gasteiger partial charge in [-0.1, -0.05) is 19.0 Å². The zero-order chi connectivity index (χ0) is 16.8. The van der Waals surface area contributed by atoms with Gasteiger partial charge >= 0.3 is 5.97 Å². The topological polar surface area (TPSA) is 96.5 Å². The SMILES string of the molecule is CCCc1noc(CCCC(=O)N2CC(C)CC(C(=O)O)C2)n1. The summed E-state index contributed by atoms with van der Waals surface area (Å²) >= 11 is 0. The number of aryl methyl sites for hydroxylation is 2. The summed E-state index contributed by atoms with van der Waals surface area (Å²) in [5.41, 5.74) is 0. The molecule has 23 heavy (non-hydrogen) atoms. The van der Waals surface area contributed by atoms with Crippen LogP contribution in [0.25, 0.3) is 0 Å². The van der Waals surface area contributed by atoms with Crippen molar-refractivity contribution in [3.8, 4) is 0 Å². The van der Waals surface area contributed by atoms with Crippen molar-refractivity contribution < 1.29 is 19.2 Å². The molecule has 1 aromatic heterocycles. The molecule has 1 fully saturated rings. The van der Waals surface area contributed by atoms with Gasteiger partial charge in [-0.15, -0.1) is 0 Å². The van der Waals surface area contributed by atoms with E-state index in [1.54, 1.807) is 4.90 Å². The van der Waals surface area contributed by atoms with Crippen LogP contribution < -0.4 is 0 Å². The van der Waals surface area contributed by atoms with Crippen LogP contribution in [0.5, 0.6) is 0 Å². The fourth-order valence-electron chi connectivity index (χ4n) is 3.00. The van der Waals surface area contributed by atoms with E-state index in [1.807, 2.05) is 6.92 Å². The van der Waals surface area contributed by atoms with Crippen molar-refractivity contribution in [3.05, 3.63) is 11.7 Å². The number of carboxylic acid groups (broad SMARTS) is 1. The van der Waals surface area contributed by atoms with Crippen LogP contribution in [0.2, 0.25) is 0 Å². The molecule has 0 aliphatic carbocycles. The molecule has 7 nitrogen and oxygen atoms in total. The Balaban J connectivity index is 1.78. The third-order valence-corrected chi connectivity index (χ3v) is 4.13. The van der Waals surface area contributed by atoms with Gasteiger partial charge in [0.25, 0.3) is 0 Å². The van der Waals surface area contributed by atoms with E-state index in [4.69, 9.17) is 9.63 Å². The van der Waals surface area contributed by atoms with Gasteiger partial charge in [-0.05, 0) is 25.2 Å². The van der Waals surface area contributed by atoms with Crippen LogP contribution in [0.3, 0.4) is 0 Å². The highest BCUT2D eigenvalue weighted by Crippen LogP contribution is 2.22. The maximum atomic E-state index is 12.3. The molecule has 0 saturated carbocycles. The summed E-state index contributed by atoms with van der Waals surface area (Å²) in [6, 6.07) is 0. The number of hydrogen-bond donors (Lipinski definition) is 1. The van der Waals surface area contributed by atoms with Crippen LogP contribution in [0, 0.1) is 11.8 Å². The smallest absolute Gasteiger partial charge is 0.308 e. The van der Waals surface area contributed by atoms with Crippen molar-refractivity contribution >= 4 is 11.9 Å². The first-order valence-corrected chi connectivity index (χ1v) is 8.31. The first kappa shape index (κ1) is 17.4. The Morgan fingerprint density at radius 1 is 1.35 bits per heavy atom. The lowest BCUT2D eigenvalue weighted by molar-refractivity contribution is -0.146. The highest BCUT2D eigenvalue weighted by Gasteiger charge is 2.31. The Hall–Kier alpha value is -1.92. The van der Waals surface area contributed by atoms with Crippen LogP contribution in [0.4, 0.5) is 0 Å². The molecule has 0 spiro atoms. The molecule has 0 bridgehead atoms. The summed E-state index contributed by atoms with van der Waals surface area (Å²) in [4.78, 5) is 29.4. The van der Waals surface area contributed by atoms with Crippen molar-refractivity contribution in [2.45, 2.75) is 52.4 Å². The third kappa shape index (κ3) is 5.04. The molecular weight excluding hydrogens is 298 g/mol. The van der Waals surface area contributed by atoms with Crippen LogP contribution >= 0.6 is 0 Å². The summed E-state index contributed by atoms with van der Waals surface area (Å²) in [6.07, 6.45) is 4.00. The van der Waals surface area contributed by atoms with E-state index in [9.17, 15) is 9.59 Å². The third-order valence-electron chi connectivity index (χ3n) is 4.13. The minimum atomic E-state index is -0.816. The van der Waals surface area contributed by atoms with Crippen LogP contribution in [0.15, 0.2) is 4.52 Å². The lowest BCUT2D eigenvalue weighted by atomic mass is 9.90. The van der Waals surface area contributed by atoms with Gasteiger partial charge in [0.2, 0.25) is 11.8 Å². The summed E-state index contributed by atoms with van der Waals surface area (Å²) < 4.78 is 5.15. The van der Waals surface area contributed by atoms with Gasteiger partial charge in [-0.25, -0.2) is 0 Å². The molecule has 2 rings (SSSR count). The van der Waals surface area contributed by atoms with Crippen molar-refractivity contribution in [2.75, 3.05) is 13.1 Å². The van der Waals surface area contributed by atoms with Crippen molar-refractivity contribution in [2.24, 2.45) is 11.8 Å². The molecule has 128 valence electrons. The van der Waals surface area contributed by atoms with Gasteiger partial charge in [0, 0.05) is 32.4 Å². The number of carbonyl (C=O) groups excluding carboxylic acids is 1. The normalized spacial score (nSPS) is 21.4. The average Bonchev–Trinajstić information content (AvgIpc) is 2.94. The first-order chi connectivity index (χ1) is 11.0. The molecule has 1 amide bonds. The van der Waals surface area contributed by atoms with Crippen molar-refractivity contribution in [3.63, 3.8) is 0 Å². The summed E-state index contributed by atoms with van der Waals surface area (Å²) in [5, 5.41) is 13.0. The number of amides is 1. The fraction of sp³-hybridized carbons (Fsp3) is 0.750. The van der Waals surface area contributed by atoms with E-state index < -0.39 is 11.9 Å². The number of rotatable bonds is 7. The van der Waals surface area contributed by atoms with E-state index in [0.717, 1.165) is 12.8 Å². The number of piperidine rings is 1. The predicted octanol–water partition coefficient (Wildman–Crippen LogP) is 1.91. The fourth-order valence-corrected chi connectivity index (χ4v) is 3.00. The second-order valence-electron chi connectivity index (χ2n) is 6.38. The molecular formula is C16H25N3O4. The van der Waals surface area contributed by atoms with Crippen LogP contribution in [0.1, 0.15) is 51.2 Å². The quantitative estimate of drug-likeness (QED) is 0.823. The minimum absolute atomic E-state index is 0.0103.